The molecule has 0 radical (unpaired) electrons. The topological polar surface area (TPSA) is 110 Å². The molecule has 0 saturated carbocycles. The number of halogens is 2. The van der Waals surface area contributed by atoms with Crippen LogP contribution in [0.2, 0.25) is 0 Å². The summed E-state index contributed by atoms with van der Waals surface area (Å²) in [5, 5.41) is 3.14. The molecule has 228 valence electrons. The van der Waals surface area contributed by atoms with Crippen molar-refractivity contribution in [1.29, 1.82) is 0 Å². The summed E-state index contributed by atoms with van der Waals surface area (Å²) in [5.41, 5.74) is 0.764. The predicted molar refractivity (Wildman–Crippen MR) is 159 cm³/mol. The molecule has 1 aliphatic heterocycles. The molecule has 10 nitrogen and oxygen atoms in total. The smallest absolute Gasteiger partial charge is 0.331 e. The number of anilines is 2. The van der Waals surface area contributed by atoms with Gasteiger partial charge in [-0.25, -0.2) is 18.5 Å². The van der Waals surface area contributed by atoms with E-state index in [2.05, 4.69) is 10.3 Å². The largest absolute Gasteiger partial charge is 0.493 e. The summed E-state index contributed by atoms with van der Waals surface area (Å²) in [5.74, 6) is -2.92. The normalized spacial score (nSPS) is 15.1. The maximum atomic E-state index is 15.2. The third-order valence-electron chi connectivity index (χ3n) is 7.00. The van der Waals surface area contributed by atoms with E-state index >= 15 is 4.39 Å². The Morgan fingerprint density at radius 3 is 2.32 bits per heavy atom. The fourth-order valence-corrected chi connectivity index (χ4v) is 4.93. The lowest BCUT2D eigenvalue weighted by molar-refractivity contribution is -0.132. The van der Waals surface area contributed by atoms with E-state index in [1.165, 1.54) is 49.6 Å². The van der Waals surface area contributed by atoms with Gasteiger partial charge in [-0.15, -0.1) is 0 Å². The quantitative estimate of drug-likeness (QED) is 0.233. The second-order valence-corrected chi connectivity index (χ2v) is 10.6. The van der Waals surface area contributed by atoms with Gasteiger partial charge in [-0.1, -0.05) is 13.8 Å². The maximum Gasteiger partial charge on any atom is 0.331 e. The van der Waals surface area contributed by atoms with Crippen LogP contribution in [0, 0.1) is 23.5 Å². The van der Waals surface area contributed by atoms with E-state index in [0.717, 1.165) is 23.1 Å². The average Bonchev–Trinajstić information content (AvgIpc) is 3.00. The molecule has 1 aromatic heterocycles. The average molecular weight is 605 g/mol. The number of ether oxygens (including phenoxy) is 3. The number of rotatable bonds is 9. The van der Waals surface area contributed by atoms with Crippen LogP contribution in [0.5, 0.6) is 23.0 Å². The summed E-state index contributed by atoms with van der Waals surface area (Å²) < 4.78 is 45.3. The van der Waals surface area contributed by atoms with E-state index in [0.29, 0.717) is 28.2 Å². The molecule has 2 heterocycles. The lowest BCUT2D eigenvalue weighted by atomic mass is 10.0. The third kappa shape index (κ3) is 6.10. The Labute approximate surface area is 252 Å². The number of amides is 4. The van der Waals surface area contributed by atoms with Gasteiger partial charge in [0.05, 0.1) is 25.4 Å². The van der Waals surface area contributed by atoms with Crippen molar-refractivity contribution in [3.63, 3.8) is 0 Å². The van der Waals surface area contributed by atoms with Crippen LogP contribution < -0.4 is 24.4 Å². The molecule has 0 bridgehead atoms. The number of urea groups is 1. The van der Waals surface area contributed by atoms with Gasteiger partial charge >= 0.3 is 6.03 Å². The Kier molecular flexibility index (Phi) is 8.61. The number of fused-ring (bicyclic) bond motifs is 1. The number of hydrogen-bond acceptors (Lipinski definition) is 7. The van der Waals surface area contributed by atoms with Crippen molar-refractivity contribution >= 4 is 40.1 Å². The second-order valence-electron chi connectivity index (χ2n) is 10.6. The number of aromatic nitrogens is 1. The molecule has 44 heavy (non-hydrogen) atoms. The maximum absolute atomic E-state index is 15.2. The van der Waals surface area contributed by atoms with Gasteiger partial charge in [0, 0.05) is 42.5 Å². The van der Waals surface area contributed by atoms with Crippen LogP contribution in [0.4, 0.5) is 25.0 Å². The number of nitrogens with one attached hydrogen (secondary N) is 1. The fourth-order valence-electron chi connectivity index (χ4n) is 4.93. The zero-order valence-corrected chi connectivity index (χ0v) is 24.5. The van der Waals surface area contributed by atoms with Crippen LogP contribution in [0.3, 0.4) is 0 Å². The Morgan fingerprint density at radius 1 is 0.955 bits per heavy atom. The van der Waals surface area contributed by atoms with Gasteiger partial charge in [0.2, 0.25) is 11.8 Å². The van der Waals surface area contributed by atoms with Gasteiger partial charge in [0.15, 0.2) is 23.1 Å². The summed E-state index contributed by atoms with van der Waals surface area (Å²) in [6, 6.07) is 13.0. The lowest BCUT2D eigenvalue weighted by Crippen LogP contribution is -2.60. The minimum Gasteiger partial charge on any atom is -0.493 e. The molecule has 1 aliphatic rings. The highest BCUT2D eigenvalue weighted by molar-refractivity contribution is 6.23. The van der Waals surface area contributed by atoms with Gasteiger partial charge in [-0.2, -0.15) is 0 Å². The van der Waals surface area contributed by atoms with Crippen LogP contribution in [-0.4, -0.2) is 55.0 Å². The van der Waals surface area contributed by atoms with E-state index in [1.807, 2.05) is 13.8 Å². The highest BCUT2D eigenvalue weighted by atomic mass is 19.1. The van der Waals surface area contributed by atoms with Crippen molar-refractivity contribution in [3.8, 4) is 23.0 Å². The highest BCUT2D eigenvalue weighted by Gasteiger charge is 2.43. The molecule has 3 aromatic carbocycles. The highest BCUT2D eigenvalue weighted by Crippen LogP contribution is 2.37. The summed E-state index contributed by atoms with van der Waals surface area (Å²) in [6.07, 6.45) is 1.51. The van der Waals surface area contributed by atoms with Gasteiger partial charge in [-0.05, 0) is 54.4 Å². The van der Waals surface area contributed by atoms with Crippen molar-refractivity contribution in [3.05, 3.63) is 78.5 Å². The number of pyridine rings is 1. The van der Waals surface area contributed by atoms with Crippen molar-refractivity contribution in [2.45, 2.75) is 13.8 Å². The number of hydrogen-bond donors (Lipinski definition) is 1. The van der Waals surface area contributed by atoms with E-state index in [1.54, 1.807) is 18.2 Å². The molecule has 5 rings (SSSR count). The lowest BCUT2D eigenvalue weighted by Gasteiger charge is -2.38. The van der Waals surface area contributed by atoms with E-state index in [4.69, 9.17) is 14.2 Å². The fraction of sp³-hybridized carbons (Fsp3) is 0.250. The first-order valence-corrected chi connectivity index (χ1v) is 13.8. The molecule has 1 unspecified atom stereocenters. The number of nitrogens with zero attached hydrogens (tertiary/aromatic N) is 3. The van der Waals surface area contributed by atoms with Crippen LogP contribution in [0.25, 0.3) is 10.9 Å². The van der Waals surface area contributed by atoms with Crippen LogP contribution >= 0.6 is 0 Å². The van der Waals surface area contributed by atoms with Gasteiger partial charge < -0.3 is 24.4 Å². The Balaban J connectivity index is 1.37. The molecular weight excluding hydrogens is 574 g/mol. The number of imide groups is 1. The summed E-state index contributed by atoms with van der Waals surface area (Å²) >= 11 is 0. The molecule has 1 fully saturated rings. The number of carbonyl (C=O) groups is 3. The van der Waals surface area contributed by atoms with Crippen molar-refractivity contribution < 1.29 is 37.4 Å². The minimum absolute atomic E-state index is 0.0493. The summed E-state index contributed by atoms with van der Waals surface area (Å²) in [6.45, 7) is 3.92. The van der Waals surface area contributed by atoms with Crippen molar-refractivity contribution in [1.82, 2.24) is 9.88 Å². The molecule has 4 amide bonds. The van der Waals surface area contributed by atoms with Crippen LogP contribution in [0.1, 0.15) is 13.8 Å². The standard InChI is InChI=1S/C32H30F2N4O6/c1-18(2)16-37-17-23(31(40)38(32(37)41)21-8-5-19(33)6-9-21)30(39)36-20-7-10-27(24(34)13-20)44-26-11-12-35-25-15-29(43-4)28(42-3)14-22(25)26/h5-15,18,23H,16-17H2,1-4H3,(H,36,39). The third-order valence-corrected chi connectivity index (χ3v) is 7.00. The Morgan fingerprint density at radius 2 is 1.66 bits per heavy atom. The first-order valence-electron chi connectivity index (χ1n) is 13.8. The summed E-state index contributed by atoms with van der Waals surface area (Å²) in [4.78, 5) is 46.5. The molecule has 1 saturated heterocycles. The van der Waals surface area contributed by atoms with E-state index < -0.39 is 35.4 Å². The molecule has 0 aliphatic carbocycles. The summed E-state index contributed by atoms with van der Waals surface area (Å²) in [7, 11) is 3.00. The molecule has 1 N–H and O–H groups in total. The zero-order chi connectivity index (χ0) is 31.5. The van der Waals surface area contributed by atoms with Gasteiger partial charge in [0.1, 0.15) is 17.5 Å². The number of benzene rings is 3. The van der Waals surface area contributed by atoms with Crippen LogP contribution in [-0.2, 0) is 9.59 Å². The number of carbonyl (C=O) groups excluding carboxylic acids is 3. The monoisotopic (exact) mass is 604 g/mol. The first-order chi connectivity index (χ1) is 21.1. The van der Waals surface area contributed by atoms with Gasteiger partial charge in [0.25, 0.3) is 0 Å². The Bertz CT molecular complexity index is 1730. The van der Waals surface area contributed by atoms with Gasteiger partial charge in [-0.3, -0.25) is 14.6 Å². The Hall–Kier alpha value is -5.26. The van der Waals surface area contributed by atoms with Crippen LogP contribution in [0.15, 0.2) is 66.9 Å². The SMILES string of the molecule is COc1cc2nccc(Oc3ccc(NC(=O)C4CN(CC(C)C)C(=O)N(c5ccc(F)cc5)C4=O)cc3F)c2cc1OC. The zero-order valence-electron chi connectivity index (χ0n) is 24.5. The first kappa shape index (κ1) is 30.2. The van der Waals surface area contributed by atoms with E-state index in [9.17, 15) is 18.8 Å². The second kappa shape index (κ2) is 12.5. The van der Waals surface area contributed by atoms with E-state index in [-0.39, 0.29) is 36.1 Å². The molecule has 1 atom stereocenters. The van der Waals surface area contributed by atoms with Crippen molar-refractivity contribution in [2.24, 2.45) is 11.8 Å². The molecule has 0 spiro atoms. The molecule has 12 heteroatoms. The minimum atomic E-state index is -1.29. The van der Waals surface area contributed by atoms with Crippen molar-refractivity contribution in [2.75, 3.05) is 37.5 Å². The molecular formula is C32H30F2N4O6. The molecule has 4 aromatic rings. The number of methoxy groups -OCH3 is 2. The predicted octanol–water partition coefficient (Wildman–Crippen LogP) is 6.00.